The van der Waals surface area contributed by atoms with E-state index in [1.807, 2.05) is 31.2 Å². The van der Waals surface area contributed by atoms with E-state index in [4.69, 9.17) is 4.74 Å². The number of amides is 1. The van der Waals surface area contributed by atoms with E-state index in [0.29, 0.717) is 22.2 Å². The molecule has 0 spiro atoms. The summed E-state index contributed by atoms with van der Waals surface area (Å²) in [6.07, 6.45) is 1.67. The lowest BCUT2D eigenvalue weighted by Gasteiger charge is -2.15. The average molecular weight is 366 g/mol. The van der Waals surface area contributed by atoms with E-state index in [2.05, 4.69) is 10.3 Å². The van der Waals surface area contributed by atoms with Gasteiger partial charge in [-0.2, -0.15) is 0 Å². The van der Waals surface area contributed by atoms with Gasteiger partial charge in [0.05, 0.1) is 18.2 Å². The van der Waals surface area contributed by atoms with Gasteiger partial charge in [-0.25, -0.2) is 4.39 Å². The molecule has 1 amide bonds. The van der Waals surface area contributed by atoms with Gasteiger partial charge in [-0.1, -0.05) is 12.1 Å². The number of fused-ring (bicyclic) bond motifs is 1. The van der Waals surface area contributed by atoms with Crippen LogP contribution < -0.4 is 10.1 Å². The second-order valence-electron chi connectivity index (χ2n) is 6.73. The highest BCUT2D eigenvalue weighted by Crippen LogP contribution is 2.20. The van der Waals surface area contributed by atoms with Crippen molar-refractivity contribution in [2.24, 2.45) is 0 Å². The van der Waals surface area contributed by atoms with Crippen molar-refractivity contribution in [2.45, 2.75) is 32.7 Å². The quantitative estimate of drug-likeness (QED) is 0.702. The zero-order chi connectivity index (χ0) is 19.4. The van der Waals surface area contributed by atoms with Crippen LogP contribution >= 0.6 is 0 Å². The second-order valence-corrected chi connectivity index (χ2v) is 6.73. The molecule has 2 aromatic carbocycles. The fourth-order valence-electron chi connectivity index (χ4n) is 3.07. The van der Waals surface area contributed by atoms with Gasteiger partial charge in [0.15, 0.2) is 0 Å². The molecular weight excluding hydrogens is 343 g/mol. The van der Waals surface area contributed by atoms with Crippen molar-refractivity contribution < 1.29 is 13.9 Å². The fraction of sp³-hybridized carbons (Fsp3) is 0.273. The number of halogens is 1. The van der Waals surface area contributed by atoms with E-state index >= 15 is 0 Å². The number of ether oxygens (including phenoxy) is 1. The summed E-state index contributed by atoms with van der Waals surface area (Å²) in [6, 6.07) is 14.0. The van der Waals surface area contributed by atoms with Gasteiger partial charge in [0.1, 0.15) is 11.6 Å². The molecular formula is C22H23FN2O2. The van der Waals surface area contributed by atoms with Crippen molar-refractivity contribution in [3.05, 3.63) is 71.2 Å². The third-order valence-electron chi connectivity index (χ3n) is 4.55. The highest BCUT2D eigenvalue weighted by Gasteiger charge is 2.15. The van der Waals surface area contributed by atoms with Crippen LogP contribution in [0.5, 0.6) is 5.75 Å². The Hall–Kier alpha value is -2.95. The van der Waals surface area contributed by atoms with Crippen molar-refractivity contribution in [2.75, 3.05) is 7.11 Å². The Labute approximate surface area is 158 Å². The van der Waals surface area contributed by atoms with Crippen LogP contribution in [-0.2, 0) is 6.42 Å². The largest absolute Gasteiger partial charge is 0.497 e. The Morgan fingerprint density at radius 2 is 1.93 bits per heavy atom. The third-order valence-corrected chi connectivity index (χ3v) is 4.55. The summed E-state index contributed by atoms with van der Waals surface area (Å²) in [5.74, 6) is 0.302. The average Bonchev–Trinajstić information content (AvgIpc) is 2.65. The number of methoxy groups -OCH3 is 1. The van der Waals surface area contributed by atoms with Gasteiger partial charge in [0.25, 0.3) is 5.91 Å². The Morgan fingerprint density at radius 3 is 2.63 bits per heavy atom. The molecule has 5 heteroatoms. The first kappa shape index (κ1) is 18.8. The first-order valence-electron chi connectivity index (χ1n) is 8.97. The van der Waals surface area contributed by atoms with Crippen LogP contribution in [0, 0.1) is 12.7 Å². The molecule has 4 nitrogen and oxygen atoms in total. The molecule has 0 aliphatic rings. The number of nitrogens with zero attached hydrogens (tertiary/aromatic N) is 1. The minimum atomic E-state index is -0.361. The molecule has 3 rings (SSSR count). The number of hydrogen-bond acceptors (Lipinski definition) is 3. The molecule has 0 aliphatic heterocycles. The van der Waals surface area contributed by atoms with Crippen molar-refractivity contribution in [1.82, 2.24) is 10.3 Å². The summed E-state index contributed by atoms with van der Waals surface area (Å²) in [4.78, 5) is 17.1. The number of nitrogens with one attached hydrogen (secondary N) is 1. The zero-order valence-electron chi connectivity index (χ0n) is 15.8. The molecule has 140 valence electrons. The summed E-state index contributed by atoms with van der Waals surface area (Å²) in [5, 5.41) is 3.69. The van der Waals surface area contributed by atoms with Crippen LogP contribution in [0.25, 0.3) is 10.9 Å². The summed E-state index contributed by atoms with van der Waals surface area (Å²) in [6.45, 7) is 3.78. The van der Waals surface area contributed by atoms with E-state index < -0.39 is 0 Å². The van der Waals surface area contributed by atoms with Crippen molar-refractivity contribution in [1.29, 1.82) is 0 Å². The van der Waals surface area contributed by atoms with Gasteiger partial charge in [-0.05, 0) is 62.6 Å². The fourth-order valence-corrected chi connectivity index (χ4v) is 3.07. The number of aromatic nitrogens is 1. The number of benzene rings is 2. The smallest absolute Gasteiger partial charge is 0.252 e. The molecule has 1 N–H and O–H groups in total. The van der Waals surface area contributed by atoms with E-state index in [0.717, 1.165) is 18.6 Å². The lowest BCUT2D eigenvalue weighted by Crippen LogP contribution is -2.33. The number of rotatable bonds is 6. The lowest BCUT2D eigenvalue weighted by molar-refractivity contribution is 0.0940. The third kappa shape index (κ3) is 4.61. The number of carbonyl (C=O) groups excluding carboxylic acids is 1. The number of carbonyl (C=O) groups is 1. The summed E-state index contributed by atoms with van der Waals surface area (Å²) >= 11 is 0. The minimum absolute atomic E-state index is 0.00331. The predicted octanol–water partition coefficient (Wildman–Crippen LogP) is 4.44. The van der Waals surface area contributed by atoms with Gasteiger partial charge in [0, 0.05) is 23.2 Å². The predicted molar refractivity (Wildman–Crippen MR) is 105 cm³/mol. The van der Waals surface area contributed by atoms with E-state index in [9.17, 15) is 9.18 Å². The first-order chi connectivity index (χ1) is 13.0. The van der Waals surface area contributed by atoms with E-state index in [1.165, 1.54) is 17.7 Å². The van der Waals surface area contributed by atoms with E-state index in [1.54, 1.807) is 26.2 Å². The van der Waals surface area contributed by atoms with Crippen LogP contribution in [0.4, 0.5) is 4.39 Å². The summed E-state index contributed by atoms with van der Waals surface area (Å²) in [7, 11) is 1.64. The molecule has 0 unspecified atom stereocenters. The zero-order valence-corrected chi connectivity index (χ0v) is 15.8. The Morgan fingerprint density at radius 1 is 1.19 bits per heavy atom. The SMILES string of the molecule is COc1ccc(CC[C@@H](C)NC(=O)c2cc(C)nc3cc(F)ccc23)cc1. The molecule has 3 aromatic rings. The van der Waals surface area contributed by atoms with Crippen LogP contribution in [0.15, 0.2) is 48.5 Å². The number of hydrogen-bond donors (Lipinski definition) is 1. The maximum atomic E-state index is 13.5. The topological polar surface area (TPSA) is 51.2 Å². The molecule has 0 aliphatic carbocycles. The van der Waals surface area contributed by atoms with Crippen molar-refractivity contribution >= 4 is 16.8 Å². The molecule has 0 saturated carbocycles. The molecule has 27 heavy (non-hydrogen) atoms. The molecule has 1 aromatic heterocycles. The van der Waals surface area contributed by atoms with Gasteiger partial charge in [-0.3, -0.25) is 9.78 Å². The highest BCUT2D eigenvalue weighted by atomic mass is 19.1. The van der Waals surface area contributed by atoms with Crippen LogP contribution in [0.3, 0.4) is 0 Å². The first-order valence-corrected chi connectivity index (χ1v) is 8.97. The molecule has 1 atom stereocenters. The standard InChI is InChI=1S/C22H23FN2O2/c1-14(4-5-16-6-9-18(27-3)10-7-16)25-22(26)20-12-15(2)24-21-13-17(23)8-11-19(20)21/h6-14H,4-5H2,1-3H3,(H,25,26)/t14-/m1/s1. The van der Waals surface area contributed by atoms with Gasteiger partial charge in [0.2, 0.25) is 0 Å². The maximum Gasteiger partial charge on any atom is 0.252 e. The van der Waals surface area contributed by atoms with Gasteiger partial charge < -0.3 is 10.1 Å². The van der Waals surface area contributed by atoms with Crippen molar-refractivity contribution in [3.63, 3.8) is 0 Å². The molecule has 0 bridgehead atoms. The van der Waals surface area contributed by atoms with Gasteiger partial charge in [-0.15, -0.1) is 0 Å². The second kappa shape index (κ2) is 8.16. The Kier molecular flexibility index (Phi) is 5.69. The summed E-state index contributed by atoms with van der Waals surface area (Å²) in [5.41, 5.74) is 2.89. The molecule has 1 heterocycles. The Balaban J connectivity index is 1.68. The van der Waals surface area contributed by atoms with Crippen LogP contribution in [-0.4, -0.2) is 24.0 Å². The lowest BCUT2D eigenvalue weighted by atomic mass is 10.0. The number of pyridine rings is 1. The van der Waals surface area contributed by atoms with E-state index in [-0.39, 0.29) is 17.8 Å². The monoisotopic (exact) mass is 366 g/mol. The van der Waals surface area contributed by atoms with Crippen LogP contribution in [0.2, 0.25) is 0 Å². The summed E-state index contributed by atoms with van der Waals surface area (Å²) < 4.78 is 18.6. The van der Waals surface area contributed by atoms with Crippen LogP contribution in [0.1, 0.15) is 35.0 Å². The van der Waals surface area contributed by atoms with Gasteiger partial charge >= 0.3 is 0 Å². The molecule has 0 fully saturated rings. The van der Waals surface area contributed by atoms with Crippen molar-refractivity contribution in [3.8, 4) is 5.75 Å². The molecule has 0 radical (unpaired) electrons. The maximum absolute atomic E-state index is 13.5. The minimum Gasteiger partial charge on any atom is -0.497 e. The number of aryl methyl sites for hydroxylation is 2. The Bertz CT molecular complexity index is 949. The normalized spacial score (nSPS) is 12.0. The molecule has 0 saturated heterocycles. The highest BCUT2D eigenvalue weighted by molar-refractivity contribution is 6.06.